The van der Waals surface area contributed by atoms with E-state index < -0.39 is 0 Å². The molecule has 0 aliphatic carbocycles. The summed E-state index contributed by atoms with van der Waals surface area (Å²) >= 11 is 0. The fourth-order valence-electron chi connectivity index (χ4n) is 2.46. The van der Waals surface area contributed by atoms with Gasteiger partial charge in [0.2, 0.25) is 5.91 Å². The first-order chi connectivity index (χ1) is 12.2. The van der Waals surface area contributed by atoms with Crippen LogP contribution in [0.15, 0.2) is 54.6 Å². The SMILES string of the molecule is CC(NCC(=O)Nc1cccc(C(=O)NC(C)(C)C)c1)c1ccccc1. The van der Waals surface area contributed by atoms with Crippen molar-refractivity contribution in [3.8, 4) is 0 Å². The van der Waals surface area contributed by atoms with Crippen molar-refractivity contribution < 1.29 is 9.59 Å². The molecule has 0 aliphatic rings. The molecule has 0 saturated carbocycles. The van der Waals surface area contributed by atoms with Crippen LogP contribution in [0.4, 0.5) is 5.69 Å². The minimum atomic E-state index is -0.312. The zero-order valence-corrected chi connectivity index (χ0v) is 15.8. The Hall–Kier alpha value is -2.66. The second kappa shape index (κ2) is 8.63. The van der Waals surface area contributed by atoms with Crippen LogP contribution in [0, 0.1) is 0 Å². The van der Waals surface area contributed by atoms with E-state index in [1.807, 2.05) is 58.0 Å². The van der Waals surface area contributed by atoms with E-state index in [1.54, 1.807) is 24.3 Å². The van der Waals surface area contributed by atoms with Gasteiger partial charge in [-0.05, 0) is 51.5 Å². The lowest BCUT2D eigenvalue weighted by molar-refractivity contribution is -0.115. The number of hydrogen-bond acceptors (Lipinski definition) is 3. The van der Waals surface area contributed by atoms with Crippen molar-refractivity contribution in [3.05, 3.63) is 65.7 Å². The summed E-state index contributed by atoms with van der Waals surface area (Å²) in [6.45, 7) is 7.98. The van der Waals surface area contributed by atoms with Crippen molar-refractivity contribution in [1.29, 1.82) is 0 Å². The minimum Gasteiger partial charge on any atom is -0.347 e. The summed E-state index contributed by atoms with van der Waals surface area (Å²) in [7, 11) is 0. The Labute approximate surface area is 155 Å². The van der Waals surface area contributed by atoms with Crippen molar-refractivity contribution in [2.75, 3.05) is 11.9 Å². The standard InChI is InChI=1S/C21H27N3O2/c1-15(16-9-6-5-7-10-16)22-14-19(25)23-18-12-8-11-17(13-18)20(26)24-21(2,3)4/h5-13,15,22H,14H2,1-4H3,(H,23,25)(H,24,26). The number of amides is 2. The zero-order valence-electron chi connectivity index (χ0n) is 15.8. The van der Waals surface area contributed by atoms with E-state index in [2.05, 4.69) is 16.0 Å². The molecule has 0 saturated heterocycles. The van der Waals surface area contributed by atoms with Crippen LogP contribution in [0.25, 0.3) is 0 Å². The number of hydrogen-bond donors (Lipinski definition) is 3. The molecule has 0 spiro atoms. The summed E-state index contributed by atoms with van der Waals surface area (Å²) in [5.41, 5.74) is 1.93. The van der Waals surface area contributed by atoms with Crippen LogP contribution in [-0.2, 0) is 4.79 Å². The molecule has 0 radical (unpaired) electrons. The molecule has 2 rings (SSSR count). The number of carbonyl (C=O) groups is 2. The van der Waals surface area contributed by atoms with E-state index in [0.29, 0.717) is 11.3 Å². The van der Waals surface area contributed by atoms with Crippen molar-refractivity contribution in [2.24, 2.45) is 0 Å². The van der Waals surface area contributed by atoms with E-state index in [1.165, 1.54) is 0 Å². The number of rotatable bonds is 6. The fourth-order valence-corrected chi connectivity index (χ4v) is 2.46. The number of carbonyl (C=O) groups excluding carboxylic acids is 2. The lowest BCUT2D eigenvalue weighted by atomic mass is 10.1. The first kappa shape index (κ1) is 19.7. The van der Waals surface area contributed by atoms with Gasteiger partial charge in [0.15, 0.2) is 0 Å². The highest BCUT2D eigenvalue weighted by Crippen LogP contribution is 2.13. The Morgan fingerprint density at radius 1 is 1.00 bits per heavy atom. The van der Waals surface area contributed by atoms with E-state index in [0.717, 1.165) is 5.56 Å². The highest BCUT2D eigenvalue weighted by atomic mass is 16.2. The molecule has 26 heavy (non-hydrogen) atoms. The van der Waals surface area contributed by atoms with Gasteiger partial charge in [0.05, 0.1) is 6.54 Å². The predicted octanol–water partition coefficient (Wildman–Crippen LogP) is 3.50. The second-order valence-electron chi connectivity index (χ2n) is 7.35. The van der Waals surface area contributed by atoms with E-state index in [4.69, 9.17) is 0 Å². The topological polar surface area (TPSA) is 70.2 Å². The maximum atomic E-state index is 12.2. The van der Waals surface area contributed by atoms with Crippen molar-refractivity contribution in [1.82, 2.24) is 10.6 Å². The number of anilines is 1. The normalized spacial score (nSPS) is 12.3. The molecule has 2 aromatic rings. The molecule has 3 N–H and O–H groups in total. The molecule has 2 aromatic carbocycles. The Kier molecular flexibility index (Phi) is 6.52. The fraction of sp³-hybridized carbons (Fsp3) is 0.333. The predicted molar refractivity (Wildman–Crippen MR) is 105 cm³/mol. The molecule has 1 atom stereocenters. The average molecular weight is 353 g/mol. The molecule has 0 bridgehead atoms. The van der Waals surface area contributed by atoms with Gasteiger partial charge in [0.1, 0.15) is 0 Å². The first-order valence-electron chi connectivity index (χ1n) is 8.75. The lowest BCUT2D eigenvalue weighted by Gasteiger charge is -2.20. The summed E-state index contributed by atoms with van der Waals surface area (Å²) in [5, 5.41) is 8.93. The molecule has 1 unspecified atom stereocenters. The van der Waals surface area contributed by atoms with Crippen molar-refractivity contribution in [2.45, 2.75) is 39.3 Å². The molecule has 2 amide bonds. The minimum absolute atomic E-state index is 0.0749. The van der Waals surface area contributed by atoms with Gasteiger partial charge >= 0.3 is 0 Å². The molecule has 0 fully saturated rings. The maximum absolute atomic E-state index is 12.2. The van der Waals surface area contributed by atoms with Crippen LogP contribution in [0.1, 0.15) is 49.7 Å². The molecule has 0 aromatic heterocycles. The summed E-state index contributed by atoms with van der Waals surface area (Å²) < 4.78 is 0. The maximum Gasteiger partial charge on any atom is 0.251 e. The van der Waals surface area contributed by atoms with Crippen LogP contribution >= 0.6 is 0 Å². The van der Waals surface area contributed by atoms with E-state index >= 15 is 0 Å². The number of nitrogens with one attached hydrogen (secondary N) is 3. The summed E-state index contributed by atoms with van der Waals surface area (Å²) in [6, 6.07) is 17.0. The molecular weight excluding hydrogens is 326 g/mol. The third-order valence-electron chi connectivity index (χ3n) is 3.77. The van der Waals surface area contributed by atoms with Crippen molar-refractivity contribution >= 4 is 17.5 Å². The molecule has 138 valence electrons. The second-order valence-corrected chi connectivity index (χ2v) is 7.35. The third kappa shape index (κ3) is 6.33. The monoisotopic (exact) mass is 353 g/mol. The zero-order chi connectivity index (χ0) is 19.2. The average Bonchev–Trinajstić information content (AvgIpc) is 2.59. The van der Waals surface area contributed by atoms with Gasteiger partial charge in [-0.1, -0.05) is 36.4 Å². The Bertz CT molecular complexity index is 751. The Morgan fingerprint density at radius 2 is 1.69 bits per heavy atom. The number of benzene rings is 2. The van der Waals surface area contributed by atoms with Crippen LogP contribution < -0.4 is 16.0 Å². The quantitative estimate of drug-likeness (QED) is 0.744. The van der Waals surface area contributed by atoms with Gasteiger partial charge in [-0.25, -0.2) is 0 Å². The van der Waals surface area contributed by atoms with Crippen LogP contribution in [0.5, 0.6) is 0 Å². The molecular formula is C21H27N3O2. The van der Waals surface area contributed by atoms with Gasteiger partial charge in [0, 0.05) is 22.8 Å². The van der Waals surface area contributed by atoms with Gasteiger partial charge in [-0.15, -0.1) is 0 Å². The van der Waals surface area contributed by atoms with Gasteiger partial charge in [-0.3, -0.25) is 9.59 Å². The van der Waals surface area contributed by atoms with Gasteiger partial charge in [-0.2, -0.15) is 0 Å². The van der Waals surface area contributed by atoms with Gasteiger partial charge < -0.3 is 16.0 Å². The van der Waals surface area contributed by atoms with Gasteiger partial charge in [0.25, 0.3) is 5.91 Å². The highest BCUT2D eigenvalue weighted by Gasteiger charge is 2.15. The largest absolute Gasteiger partial charge is 0.347 e. The Balaban J connectivity index is 1.91. The Morgan fingerprint density at radius 3 is 2.35 bits per heavy atom. The lowest BCUT2D eigenvalue weighted by Crippen LogP contribution is -2.40. The highest BCUT2D eigenvalue weighted by molar-refractivity contribution is 5.97. The molecule has 0 heterocycles. The van der Waals surface area contributed by atoms with Crippen LogP contribution in [-0.4, -0.2) is 23.9 Å². The third-order valence-corrected chi connectivity index (χ3v) is 3.77. The summed E-state index contributed by atoms with van der Waals surface area (Å²) in [5.74, 6) is -0.314. The van der Waals surface area contributed by atoms with E-state index in [9.17, 15) is 9.59 Å². The van der Waals surface area contributed by atoms with Crippen molar-refractivity contribution in [3.63, 3.8) is 0 Å². The van der Waals surface area contributed by atoms with Crippen LogP contribution in [0.2, 0.25) is 0 Å². The summed E-state index contributed by atoms with van der Waals surface area (Å²) in [4.78, 5) is 24.4. The first-order valence-corrected chi connectivity index (χ1v) is 8.75. The smallest absolute Gasteiger partial charge is 0.251 e. The molecule has 5 heteroatoms. The summed E-state index contributed by atoms with van der Waals surface area (Å²) in [6.07, 6.45) is 0. The molecule has 5 nitrogen and oxygen atoms in total. The van der Waals surface area contributed by atoms with Crippen LogP contribution in [0.3, 0.4) is 0 Å². The van der Waals surface area contributed by atoms with E-state index in [-0.39, 0.29) is 29.9 Å². The molecule has 0 aliphatic heterocycles.